The number of hydrogen-bond donors (Lipinski definition) is 1. The largest absolute Gasteiger partial charge is 0.383 e. The molecule has 1 atom stereocenters. The van der Waals surface area contributed by atoms with Crippen molar-refractivity contribution in [3.8, 4) is 0 Å². The van der Waals surface area contributed by atoms with Gasteiger partial charge in [-0.1, -0.05) is 13.0 Å². The maximum absolute atomic E-state index is 13.3. The molecule has 1 aliphatic rings. The molecule has 1 saturated carbocycles. The molecule has 0 radical (unpaired) electrons. The predicted octanol–water partition coefficient (Wildman–Crippen LogP) is 3.78. The number of halogens is 2. The van der Waals surface area contributed by atoms with Crippen molar-refractivity contribution in [2.45, 2.75) is 26.2 Å². The smallest absolute Gasteiger partial charge is 0.137 e. The van der Waals surface area contributed by atoms with Gasteiger partial charge in [0, 0.05) is 20.2 Å². The van der Waals surface area contributed by atoms with Gasteiger partial charge in [0.1, 0.15) is 5.82 Å². The van der Waals surface area contributed by atoms with Gasteiger partial charge in [-0.3, -0.25) is 0 Å². The summed E-state index contributed by atoms with van der Waals surface area (Å²) in [5, 5.41) is 3.48. The highest BCUT2D eigenvalue weighted by molar-refractivity contribution is 9.10. The van der Waals surface area contributed by atoms with E-state index >= 15 is 0 Å². The van der Waals surface area contributed by atoms with Gasteiger partial charge in [-0.05, 0) is 64.2 Å². The Hall–Kier alpha value is -0.450. The molecule has 1 fully saturated rings. The van der Waals surface area contributed by atoms with Crippen LogP contribution in [0.5, 0.6) is 0 Å². The predicted molar refractivity (Wildman–Crippen MR) is 83.4 cm³/mol. The number of nitrogens with one attached hydrogen (secondary N) is 1. The number of methoxy groups -OCH3 is 1. The minimum atomic E-state index is -0.194. The van der Waals surface area contributed by atoms with Crippen molar-refractivity contribution in [3.05, 3.63) is 34.1 Å². The zero-order chi connectivity index (χ0) is 14.6. The third-order valence-electron chi connectivity index (χ3n) is 4.17. The average Bonchev–Trinajstić information content (AvgIpc) is 3.24. The van der Waals surface area contributed by atoms with Crippen molar-refractivity contribution >= 4 is 15.9 Å². The molecule has 0 aliphatic heterocycles. The number of ether oxygens (including phenoxy) is 1. The van der Waals surface area contributed by atoms with Crippen LogP contribution in [-0.4, -0.2) is 26.8 Å². The first-order valence-electron chi connectivity index (χ1n) is 7.19. The van der Waals surface area contributed by atoms with Crippen LogP contribution in [0.15, 0.2) is 22.7 Å². The summed E-state index contributed by atoms with van der Waals surface area (Å²) in [4.78, 5) is 0. The Bertz CT molecular complexity index is 450. The summed E-state index contributed by atoms with van der Waals surface area (Å²) in [6.45, 7) is 4.94. The molecule has 20 heavy (non-hydrogen) atoms. The second-order valence-corrected chi connectivity index (χ2v) is 6.88. The Morgan fingerprint density at radius 1 is 1.45 bits per heavy atom. The lowest BCUT2D eigenvalue weighted by Crippen LogP contribution is -2.37. The average molecular weight is 344 g/mol. The zero-order valence-corrected chi connectivity index (χ0v) is 13.8. The molecule has 2 nitrogen and oxygen atoms in total. The van der Waals surface area contributed by atoms with E-state index in [0.717, 1.165) is 32.0 Å². The van der Waals surface area contributed by atoms with Gasteiger partial charge in [0.2, 0.25) is 0 Å². The van der Waals surface area contributed by atoms with Gasteiger partial charge in [0.15, 0.2) is 0 Å². The van der Waals surface area contributed by atoms with Crippen molar-refractivity contribution in [3.63, 3.8) is 0 Å². The second kappa shape index (κ2) is 7.01. The highest BCUT2D eigenvalue weighted by atomic mass is 79.9. The molecule has 4 heteroatoms. The summed E-state index contributed by atoms with van der Waals surface area (Å²) >= 11 is 3.27. The molecular formula is C16H23BrFNO. The third-order valence-corrected chi connectivity index (χ3v) is 4.77. The zero-order valence-electron chi connectivity index (χ0n) is 12.2. The molecule has 1 N–H and O–H groups in total. The Morgan fingerprint density at radius 2 is 2.20 bits per heavy atom. The van der Waals surface area contributed by atoms with E-state index in [-0.39, 0.29) is 11.2 Å². The molecule has 2 rings (SSSR count). The van der Waals surface area contributed by atoms with Crippen LogP contribution < -0.4 is 5.32 Å². The minimum absolute atomic E-state index is 0.194. The molecule has 1 aromatic rings. The SMILES string of the molecule is COCCNCC(C)(Cc1ccc(F)c(Br)c1)C1CC1. The first-order valence-corrected chi connectivity index (χ1v) is 7.98. The quantitative estimate of drug-likeness (QED) is 0.725. The van der Waals surface area contributed by atoms with Crippen LogP contribution in [0.4, 0.5) is 4.39 Å². The van der Waals surface area contributed by atoms with E-state index in [1.807, 2.05) is 12.1 Å². The number of rotatable bonds is 8. The Balaban J connectivity index is 1.98. The van der Waals surface area contributed by atoms with Crippen molar-refractivity contribution in [1.82, 2.24) is 5.32 Å². The first kappa shape index (κ1) is 15.9. The maximum atomic E-state index is 13.3. The van der Waals surface area contributed by atoms with E-state index in [2.05, 4.69) is 28.2 Å². The van der Waals surface area contributed by atoms with Gasteiger partial charge >= 0.3 is 0 Å². The fourth-order valence-corrected chi connectivity index (χ4v) is 3.22. The molecule has 0 heterocycles. The van der Waals surface area contributed by atoms with Crippen LogP contribution in [0, 0.1) is 17.2 Å². The molecule has 0 amide bonds. The van der Waals surface area contributed by atoms with Crippen LogP contribution in [0.1, 0.15) is 25.3 Å². The normalized spacial score (nSPS) is 18.0. The topological polar surface area (TPSA) is 21.3 Å². The van der Waals surface area contributed by atoms with E-state index in [9.17, 15) is 4.39 Å². The van der Waals surface area contributed by atoms with Gasteiger partial charge in [0.05, 0.1) is 11.1 Å². The standard InChI is InChI=1S/C16H23BrFNO/c1-16(13-4-5-13,11-19-7-8-20-2)10-12-3-6-15(18)14(17)9-12/h3,6,9,13,19H,4-5,7-8,10-11H2,1-2H3. The second-order valence-electron chi connectivity index (χ2n) is 6.02. The lowest BCUT2D eigenvalue weighted by atomic mass is 9.79. The van der Waals surface area contributed by atoms with Crippen LogP contribution in [0.3, 0.4) is 0 Å². The Labute approximate surface area is 129 Å². The Morgan fingerprint density at radius 3 is 2.80 bits per heavy atom. The lowest BCUT2D eigenvalue weighted by molar-refractivity contribution is 0.187. The van der Waals surface area contributed by atoms with Crippen molar-refractivity contribution in [1.29, 1.82) is 0 Å². The fraction of sp³-hybridized carbons (Fsp3) is 0.625. The van der Waals surface area contributed by atoms with Gasteiger partial charge in [-0.15, -0.1) is 0 Å². The maximum Gasteiger partial charge on any atom is 0.137 e. The highest BCUT2D eigenvalue weighted by Gasteiger charge is 2.41. The minimum Gasteiger partial charge on any atom is -0.383 e. The van der Waals surface area contributed by atoms with Crippen LogP contribution in [0.2, 0.25) is 0 Å². The first-order chi connectivity index (χ1) is 9.55. The molecule has 1 unspecified atom stereocenters. The van der Waals surface area contributed by atoms with Crippen molar-refractivity contribution in [2.75, 3.05) is 26.8 Å². The van der Waals surface area contributed by atoms with E-state index in [1.54, 1.807) is 13.2 Å². The molecule has 112 valence electrons. The molecule has 0 bridgehead atoms. The number of hydrogen-bond acceptors (Lipinski definition) is 2. The summed E-state index contributed by atoms with van der Waals surface area (Å²) in [6.07, 6.45) is 3.60. The van der Waals surface area contributed by atoms with E-state index < -0.39 is 0 Å². The van der Waals surface area contributed by atoms with E-state index in [4.69, 9.17) is 4.74 Å². The van der Waals surface area contributed by atoms with Gasteiger partial charge in [-0.2, -0.15) is 0 Å². The third kappa shape index (κ3) is 4.27. The Kier molecular flexibility index (Phi) is 5.58. The van der Waals surface area contributed by atoms with Crippen LogP contribution >= 0.6 is 15.9 Å². The summed E-state index contributed by atoms with van der Waals surface area (Å²) in [5.74, 6) is 0.585. The van der Waals surface area contributed by atoms with Gasteiger partial charge in [0.25, 0.3) is 0 Å². The van der Waals surface area contributed by atoms with Gasteiger partial charge in [-0.25, -0.2) is 4.39 Å². The monoisotopic (exact) mass is 343 g/mol. The summed E-state index contributed by atoms with van der Waals surface area (Å²) in [6, 6.07) is 5.35. The molecule has 0 aromatic heterocycles. The molecule has 0 saturated heterocycles. The summed E-state index contributed by atoms with van der Waals surface area (Å²) in [5.41, 5.74) is 1.44. The molecular weight excluding hydrogens is 321 g/mol. The molecule has 1 aliphatic carbocycles. The number of benzene rings is 1. The van der Waals surface area contributed by atoms with Crippen LogP contribution in [-0.2, 0) is 11.2 Å². The molecule has 0 spiro atoms. The van der Waals surface area contributed by atoms with Gasteiger partial charge < -0.3 is 10.1 Å². The fourth-order valence-electron chi connectivity index (χ4n) is 2.80. The summed E-state index contributed by atoms with van der Waals surface area (Å²) in [7, 11) is 1.72. The van der Waals surface area contributed by atoms with Crippen molar-refractivity contribution < 1.29 is 9.13 Å². The van der Waals surface area contributed by atoms with Crippen molar-refractivity contribution in [2.24, 2.45) is 11.3 Å². The van der Waals surface area contributed by atoms with E-state index in [1.165, 1.54) is 18.4 Å². The lowest BCUT2D eigenvalue weighted by Gasteiger charge is -2.30. The van der Waals surface area contributed by atoms with Crippen LogP contribution in [0.25, 0.3) is 0 Å². The molecule has 1 aromatic carbocycles. The van der Waals surface area contributed by atoms with E-state index in [0.29, 0.717) is 4.47 Å². The summed E-state index contributed by atoms with van der Waals surface area (Å²) < 4.78 is 18.9. The highest BCUT2D eigenvalue weighted by Crippen LogP contribution is 2.47.